The molecule has 3 aliphatic heterocycles. The fourth-order valence-corrected chi connectivity index (χ4v) is 8.97. The highest BCUT2D eigenvalue weighted by Crippen LogP contribution is 2.39. The lowest BCUT2D eigenvalue weighted by Gasteiger charge is -2.36. The van der Waals surface area contributed by atoms with Crippen LogP contribution in [0.4, 0.5) is 5.69 Å². The van der Waals surface area contributed by atoms with Crippen LogP contribution in [0.2, 0.25) is 0 Å². The zero-order valence-corrected chi connectivity index (χ0v) is 32.2. The maximum Gasteiger partial charge on any atom is 0.275 e. The predicted molar refractivity (Wildman–Crippen MR) is 215 cm³/mol. The molecule has 0 bridgehead atoms. The topological polar surface area (TPSA) is 126 Å². The number of amides is 1. The molecule has 2 N–H and O–H groups in total. The first-order valence-corrected chi connectivity index (χ1v) is 19.4. The molecule has 0 radical (unpaired) electrons. The van der Waals surface area contributed by atoms with E-state index in [4.69, 9.17) is 4.99 Å². The molecule has 0 aliphatic carbocycles. The van der Waals surface area contributed by atoms with Crippen LogP contribution in [-0.4, -0.2) is 80.3 Å². The van der Waals surface area contributed by atoms with E-state index in [1.807, 2.05) is 19.1 Å². The number of benzene rings is 2. The van der Waals surface area contributed by atoms with Crippen LogP contribution in [0.5, 0.6) is 0 Å². The third-order valence-corrected chi connectivity index (χ3v) is 12.2. The molecule has 2 aromatic carbocycles. The van der Waals surface area contributed by atoms with Crippen LogP contribution in [0.15, 0.2) is 83.0 Å². The number of fused-ring (bicyclic) bond motifs is 4. The highest BCUT2D eigenvalue weighted by atomic mass is 32.1. The average Bonchev–Trinajstić information content (AvgIpc) is 3.64. The number of piperidine rings is 1. The number of carbonyl (C=O) groups is 1. The van der Waals surface area contributed by atoms with E-state index in [1.165, 1.54) is 16.0 Å². The second kappa shape index (κ2) is 14.4. The maximum absolute atomic E-state index is 13.6. The number of nitrogens with zero attached hydrogens (tertiary/aromatic N) is 8. The van der Waals surface area contributed by atoms with Crippen molar-refractivity contribution in [3.8, 4) is 5.00 Å². The van der Waals surface area contributed by atoms with Crippen LogP contribution in [0, 0.1) is 27.7 Å². The molecule has 1 amide bonds. The maximum atomic E-state index is 13.6. The van der Waals surface area contributed by atoms with Gasteiger partial charge in [-0.25, -0.2) is 4.68 Å². The van der Waals surface area contributed by atoms with Gasteiger partial charge in [-0.2, -0.15) is 5.10 Å². The number of allylic oxidation sites excluding steroid dienone is 2. The summed E-state index contributed by atoms with van der Waals surface area (Å²) in [5.74, 6) is 1.41. The van der Waals surface area contributed by atoms with Gasteiger partial charge < -0.3 is 15.5 Å². The van der Waals surface area contributed by atoms with E-state index >= 15 is 0 Å². The van der Waals surface area contributed by atoms with Crippen LogP contribution in [0.25, 0.3) is 15.8 Å². The van der Waals surface area contributed by atoms with Crippen LogP contribution < -0.4 is 21.1 Å². The van der Waals surface area contributed by atoms with Crippen molar-refractivity contribution in [3.05, 3.63) is 122 Å². The quantitative estimate of drug-likeness (QED) is 0.215. The SMILES string of the molecule is C=C1CCC(n2ncc3ccc(N4CCN(CCNC(=O)CC5N=C(c6ccc(C)cc6)c6c(sc(C)c6C)-n6c(C)nnc65)CC4)cc3c2=O)C(=C)N1. The second-order valence-corrected chi connectivity index (χ2v) is 15.8. The molecule has 3 aliphatic rings. The summed E-state index contributed by atoms with van der Waals surface area (Å²) in [6.07, 6.45) is 3.46. The predicted octanol–water partition coefficient (Wildman–Crippen LogP) is 5.44. The van der Waals surface area contributed by atoms with Crippen LogP contribution >= 0.6 is 11.3 Å². The summed E-state index contributed by atoms with van der Waals surface area (Å²) in [4.78, 5) is 38.3. The monoisotopic (exact) mass is 742 g/mol. The average molecular weight is 743 g/mol. The lowest BCUT2D eigenvalue weighted by Crippen LogP contribution is -2.48. The molecule has 278 valence electrons. The summed E-state index contributed by atoms with van der Waals surface area (Å²) in [5, 5.41) is 22.4. The van der Waals surface area contributed by atoms with Gasteiger partial charge in [0.05, 0.1) is 29.8 Å². The number of aliphatic imine (C=N–C) groups is 1. The van der Waals surface area contributed by atoms with Crippen molar-refractivity contribution in [1.29, 1.82) is 0 Å². The molecule has 6 heterocycles. The smallest absolute Gasteiger partial charge is 0.275 e. The number of thiophene rings is 1. The fraction of sp³-hybridized carbons (Fsp3) is 0.366. The Morgan fingerprint density at radius 2 is 1.80 bits per heavy atom. The molecule has 0 spiro atoms. The lowest BCUT2D eigenvalue weighted by molar-refractivity contribution is -0.121. The van der Waals surface area contributed by atoms with Gasteiger partial charge in [-0.3, -0.25) is 24.0 Å². The van der Waals surface area contributed by atoms with Gasteiger partial charge in [-0.05, 0) is 58.2 Å². The van der Waals surface area contributed by atoms with Gasteiger partial charge >= 0.3 is 0 Å². The van der Waals surface area contributed by atoms with Crippen molar-refractivity contribution in [1.82, 2.24) is 40.1 Å². The summed E-state index contributed by atoms with van der Waals surface area (Å²) < 4.78 is 3.64. The number of anilines is 1. The van der Waals surface area contributed by atoms with Gasteiger partial charge in [0.15, 0.2) is 5.82 Å². The van der Waals surface area contributed by atoms with Crippen molar-refractivity contribution in [2.45, 2.75) is 59.0 Å². The number of rotatable bonds is 8. The minimum atomic E-state index is -0.481. The Hall–Kier alpha value is -5.40. The molecule has 12 nitrogen and oxygen atoms in total. The van der Waals surface area contributed by atoms with Crippen molar-refractivity contribution in [3.63, 3.8) is 0 Å². The Morgan fingerprint density at radius 3 is 2.56 bits per heavy atom. The fourth-order valence-electron chi connectivity index (χ4n) is 7.76. The van der Waals surface area contributed by atoms with Gasteiger partial charge in [0.2, 0.25) is 5.91 Å². The number of nitrogens with one attached hydrogen (secondary N) is 2. The molecule has 8 rings (SSSR count). The third kappa shape index (κ3) is 6.66. The standard InChI is InChI=1S/C41H46N10O2S/c1-24-7-10-30(11-8-24)38-37-26(3)28(5)54-41(37)50-29(6)46-47-39(50)34(45-38)22-36(52)42-15-16-48-17-19-49(20-18-48)32-13-12-31-23-43-51(40(53)33(31)21-32)35-14-9-25(2)44-27(35)4/h7-8,10-13,21,23,34-35,44H,2,4,9,14-20,22H2,1,3,5-6H3,(H,42,52). The minimum absolute atomic E-state index is 0.0650. The first-order valence-electron chi connectivity index (χ1n) is 18.6. The molecule has 2 unspecified atom stereocenters. The summed E-state index contributed by atoms with van der Waals surface area (Å²) >= 11 is 1.72. The Kier molecular flexibility index (Phi) is 9.53. The van der Waals surface area contributed by atoms with Crippen molar-refractivity contribution in [2.24, 2.45) is 4.99 Å². The van der Waals surface area contributed by atoms with Gasteiger partial charge in [-0.15, -0.1) is 21.5 Å². The molecule has 5 aromatic rings. The van der Waals surface area contributed by atoms with E-state index in [0.717, 1.165) is 95.7 Å². The Labute approximate surface area is 318 Å². The summed E-state index contributed by atoms with van der Waals surface area (Å²) in [6.45, 7) is 21.0. The van der Waals surface area contributed by atoms with Gasteiger partial charge in [-0.1, -0.05) is 49.1 Å². The minimum Gasteiger partial charge on any atom is -0.369 e. The molecule has 0 saturated carbocycles. The van der Waals surface area contributed by atoms with Gasteiger partial charge in [0.1, 0.15) is 16.9 Å². The molecular formula is C41H46N10O2S. The first-order chi connectivity index (χ1) is 26.0. The number of hydrogen-bond acceptors (Lipinski definition) is 10. The Balaban J connectivity index is 0.910. The number of carbonyl (C=O) groups excluding carboxylic acids is 1. The molecule has 54 heavy (non-hydrogen) atoms. The number of piperazine rings is 1. The number of aromatic nitrogens is 5. The normalized spacial score (nSPS) is 18.9. The van der Waals surface area contributed by atoms with E-state index in [-0.39, 0.29) is 23.9 Å². The Bertz CT molecular complexity index is 2380. The van der Waals surface area contributed by atoms with Gasteiger partial charge in [0, 0.05) is 77.7 Å². The lowest BCUT2D eigenvalue weighted by atomic mass is 9.99. The van der Waals surface area contributed by atoms with E-state index in [9.17, 15) is 9.59 Å². The first kappa shape index (κ1) is 35.6. The largest absolute Gasteiger partial charge is 0.369 e. The van der Waals surface area contributed by atoms with E-state index in [2.05, 4.69) is 105 Å². The number of aryl methyl sites for hydroxylation is 3. The van der Waals surface area contributed by atoms with Crippen molar-refractivity contribution in [2.75, 3.05) is 44.2 Å². The third-order valence-electron chi connectivity index (χ3n) is 11.0. The molecule has 2 fully saturated rings. The zero-order valence-electron chi connectivity index (χ0n) is 31.4. The second-order valence-electron chi connectivity index (χ2n) is 14.6. The van der Waals surface area contributed by atoms with Crippen molar-refractivity contribution < 1.29 is 4.79 Å². The van der Waals surface area contributed by atoms with Crippen molar-refractivity contribution >= 4 is 39.4 Å². The van der Waals surface area contributed by atoms with E-state index in [1.54, 1.807) is 22.2 Å². The summed E-state index contributed by atoms with van der Waals surface area (Å²) in [6, 6.07) is 13.8. The summed E-state index contributed by atoms with van der Waals surface area (Å²) in [7, 11) is 0. The number of hydrogen-bond donors (Lipinski definition) is 2. The highest BCUT2D eigenvalue weighted by Gasteiger charge is 2.32. The Morgan fingerprint density at radius 1 is 1.02 bits per heavy atom. The van der Waals surface area contributed by atoms with E-state index in [0.29, 0.717) is 17.8 Å². The molecule has 2 atom stereocenters. The summed E-state index contributed by atoms with van der Waals surface area (Å²) in [5.41, 5.74) is 7.94. The molecule has 2 saturated heterocycles. The molecular weight excluding hydrogens is 697 g/mol. The zero-order chi connectivity index (χ0) is 37.7. The van der Waals surface area contributed by atoms with Crippen LogP contribution in [0.1, 0.15) is 70.1 Å². The highest BCUT2D eigenvalue weighted by molar-refractivity contribution is 7.15. The van der Waals surface area contributed by atoms with Crippen LogP contribution in [-0.2, 0) is 4.79 Å². The van der Waals surface area contributed by atoms with Gasteiger partial charge in [0.25, 0.3) is 5.56 Å². The molecule has 13 heteroatoms. The van der Waals surface area contributed by atoms with E-state index < -0.39 is 6.04 Å². The molecule has 3 aromatic heterocycles. The van der Waals surface area contributed by atoms with Crippen LogP contribution in [0.3, 0.4) is 0 Å².